The van der Waals surface area contributed by atoms with Gasteiger partial charge in [0.15, 0.2) is 0 Å². The third-order valence-electron chi connectivity index (χ3n) is 1.81. The van der Waals surface area contributed by atoms with E-state index in [1.165, 1.54) is 0 Å². The molecule has 0 N–H and O–H groups in total. The SMILES string of the molecule is CC(C)C(=O)OC1CC(F)(F)C1. The number of ether oxygens (including phenoxy) is 1. The molecule has 0 aromatic rings. The molecule has 1 fully saturated rings. The Morgan fingerprint density at radius 3 is 2.33 bits per heavy atom. The number of esters is 1. The van der Waals surface area contributed by atoms with Crippen LogP contribution >= 0.6 is 0 Å². The summed E-state index contributed by atoms with van der Waals surface area (Å²) in [6, 6.07) is 0. The van der Waals surface area contributed by atoms with Gasteiger partial charge in [-0.25, -0.2) is 8.78 Å². The van der Waals surface area contributed by atoms with Gasteiger partial charge in [-0.15, -0.1) is 0 Å². The Hall–Kier alpha value is -0.670. The van der Waals surface area contributed by atoms with E-state index >= 15 is 0 Å². The molecule has 1 aliphatic carbocycles. The van der Waals surface area contributed by atoms with Crippen molar-refractivity contribution in [1.29, 1.82) is 0 Å². The minimum atomic E-state index is -2.61. The van der Waals surface area contributed by atoms with Gasteiger partial charge in [0.05, 0.1) is 5.92 Å². The lowest BCUT2D eigenvalue weighted by Crippen LogP contribution is -2.42. The molecule has 2 nitrogen and oxygen atoms in total. The molecule has 0 bridgehead atoms. The first-order valence-electron chi connectivity index (χ1n) is 3.99. The van der Waals surface area contributed by atoms with E-state index < -0.39 is 18.0 Å². The van der Waals surface area contributed by atoms with Crippen LogP contribution in [-0.2, 0) is 9.53 Å². The predicted octanol–water partition coefficient (Wildman–Crippen LogP) is 1.98. The van der Waals surface area contributed by atoms with Gasteiger partial charge >= 0.3 is 5.97 Å². The van der Waals surface area contributed by atoms with Crippen LogP contribution in [0.5, 0.6) is 0 Å². The summed E-state index contributed by atoms with van der Waals surface area (Å²) in [5.74, 6) is -3.24. The minimum Gasteiger partial charge on any atom is -0.462 e. The average molecular weight is 178 g/mol. The van der Waals surface area contributed by atoms with E-state index in [1.54, 1.807) is 13.8 Å². The van der Waals surface area contributed by atoms with Gasteiger partial charge < -0.3 is 4.74 Å². The molecule has 0 saturated heterocycles. The highest BCUT2D eigenvalue weighted by Crippen LogP contribution is 2.39. The zero-order chi connectivity index (χ0) is 9.35. The van der Waals surface area contributed by atoms with Gasteiger partial charge in [0.2, 0.25) is 0 Å². The Morgan fingerprint density at radius 2 is 2.00 bits per heavy atom. The summed E-state index contributed by atoms with van der Waals surface area (Å²) in [6.07, 6.45) is -1.19. The Kier molecular flexibility index (Phi) is 2.35. The van der Waals surface area contributed by atoms with E-state index in [-0.39, 0.29) is 18.8 Å². The summed E-state index contributed by atoms with van der Waals surface area (Å²) in [6.45, 7) is 3.36. The van der Waals surface area contributed by atoms with E-state index in [2.05, 4.69) is 0 Å². The molecule has 0 spiro atoms. The van der Waals surface area contributed by atoms with Crippen molar-refractivity contribution in [3.63, 3.8) is 0 Å². The van der Waals surface area contributed by atoms with Crippen LogP contribution in [0.4, 0.5) is 8.78 Å². The van der Waals surface area contributed by atoms with Crippen molar-refractivity contribution in [2.75, 3.05) is 0 Å². The summed E-state index contributed by atoms with van der Waals surface area (Å²) < 4.78 is 29.3. The molecule has 1 saturated carbocycles. The molecule has 0 radical (unpaired) electrons. The van der Waals surface area contributed by atoms with Gasteiger partial charge in [0.25, 0.3) is 5.92 Å². The molecule has 0 aromatic carbocycles. The van der Waals surface area contributed by atoms with Crippen LogP contribution in [0.15, 0.2) is 0 Å². The molecule has 1 aliphatic rings. The molecule has 0 atom stereocenters. The van der Waals surface area contributed by atoms with E-state index in [1.807, 2.05) is 0 Å². The summed E-state index contributed by atoms with van der Waals surface area (Å²) in [5, 5.41) is 0. The molecule has 1 rings (SSSR count). The van der Waals surface area contributed by atoms with Crippen LogP contribution in [-0.4, -0.2) is 18.0 Å². The van der Waals surface area contributed by atoms with Gasteiger partial charge in [-0.05, 0) is 0 Å². The number of hydrogen-bond donors (Lipinski definition) is 0. The maximum Gasteiger partial charge on any atom is 0.308 e. The molecule has 70 valence electrons. The molecule has 4 heteroatoms. The second kappa shape index (κ2) is 2.99. The van der Waals surface area contributed by atoms with Crippen LogP contribution in [0.25, 0.3) is 0 Å². The zero-order valence-electron chi connectivity index (χ0n) is 7.14. The molecule has 0 amide bonds. The van der Waals surface area contributed by atoms with Crippen molar-refractivity contribution >= 4 is 5.97 Å². The molecular formula is C8H12F2O2. The average Bonchev–Trinajstić information content (AvgIpc) is 1.83. The Balaban J connectivity index is 2.23. The minimum absolute atomic E-state index is 0.237. The van der Waals surface area contributed by atoms with Gasteiger partial charge in [-0.2, -0.15) is 0 Å². The van der Waals surface area contributed by atoms with Crippen LogP contribution in [0.2, 0.25) is 0 Å². The fourth-order valence-corrected chi connectivity index (χ4v) is 0.990. The lowest BCUT2D eigenvalue weighted by Gasteiger charge is -2.34. The quantitative estimate of drug-likeness (QED) is 0.604. The normalized spacial score (nSPS) is 22.1. The fraction of sp³-hybridized carbons (Fsp3) is 0.875. The Labute approximate surface area is 69.9 Å². The maximum atomic E-state index is 12.2. The number of hydrogen-bond acceptors (Lipinski definition) is 2. The smallest absolute Gasteiger partial charge is 0.308 e. The van der Waals surface area contributed by atoms with E-state index in [4.69, 9.17) is 4.74 Å². The zero-order valence-corrected chi connectivity index (χ0v) is 7.14. The van der Waals surface area contributed by atoms with Crippen molar-refractivity contribution < 1.29 is 18.3 Å². The second-order valence-electron chi connectivity index (χ2n) is 3.48. The highest BCUT2D eigenvalue weighted by Gasteiger charge is 2.47. The van der Waals surface area contributed by atoms with E-state index in [0.29, 0.717) is 0 Å². The van der Waals surface area contributed by atoms with Crippen molar-refractivity contribution in [3.05, 3.63) is 0 Å². The summed E-state index contributed by atoms with van der Waals surface area (Å²) in [7, 11) is 0. The second-order valence-corrected chi connectivity index (χ2v) is 3.48. The molecule has 12 heavy (non-hydrogen) atoms. The van der Waals surface area contributed by atoms with Gasteiger partial charge in [0, 0.05) is 12.8 Å². The molecule has 0 unspecified atom stereocenters. The maximum absolute atomic E-state index is 12.2. The number of rotatable bonds is 2. The van der Waals surface area contributed by atoms with Crippen molar-refractivity contribution in [2.24, 2.45) is 5.92 Å². The molecule has 0 aliphatic heterocycles. The van der Waals surface area contributed by atoms with Crippen LogP contribution in [0.3, 0.4) is 0 Å². The largest absolute Gasteiger partial charge is 0.462 e. The summed E-state index contributed by atoms with van der Waals surface area (Å²) in [5.41, 5.74) is 0. The first-order chi connectivity index (χ1) is 5.41. The third kappa shape index (κ3) is 2.16. The third-order valence-corrected chi connectivity index (χ3v) is 1.81. The highest BCUT2D eigenvalue weighted by atomic mass is 19.3. The van der Waals surface area contributed by atoms with Crippen molar-refractivity contribution in [2.45, 2.75) is 38.7 Å². The molecular weight excluding hydrogens is 166 g/mol. The lowest BCUT2D eigenvalue weighted by molar-refractivity contribution is -0.185. The number of alkyl halides is 2. The van der Waals surface area contributed by atoms with Gasteiger partial charge in [-0.1, -0.05) is 13.8 Å². The van der Waals surface area contributed by atoms with E-state index in [9.17, 15) is 13.6 Å². The topological polar surface area (TPSA) is 26.3 Å². The number of carbonyl (C=O) groups is 1. The first-order valence-corrected chi connectivity index (χ1v) is 3.99. The molecule has 0 heterocycles. The van der Waals surface area contributed by atoms with Crippen LogP contribution < -0.4 is 0 Å². The fourth-order valence-electron chi connectivity index (χ4n) is 0.990. The summed E-state index contributed by atoms with van der Waals surface area (Å²) in [4.78, 5) is 10.9. The number of carbonyl (C=O) groups excluding carboxylic acids is 1. The van der Waals surface area contributed by atoms with Gasteiger partial charge in [0.1, 0.15) is 6.10 Å². The Bertz CT molecular complexity index is 181. The van der Waals surface area contributed by atoms with Crippen LogP contribution in [0.1, 0.15) is 26.7 Å². The monoisotopic (exact) mass is 178 g/mol. The lowest BCUT2D eigenvalue weighted by atomic mass is 9.91. The van der Waals surface area contributed by atoms with Crippen LogP contribution in [0, 0.1) is 5.92 Å². The van der Waals surface area contributed by atoms with Crippen molar-refractivity contribution in [1.82, 2.24) is 0 Å². The van der Waals surface area contributed by atoms with E-state index in [0.717, 1.165) is 0 Å². The number of halogens is 2. The summed E-state index contributed by atoms with van der Waals surface area (Å²) >= 11 is 0. The standard InChI is InChI=1S/C8H12F2O2/c1-5(2)7(11)12-6-3-8(9,10)4-6/h5-6H,3-4H2,1-2H3. The Morgan fingerprint density at radius 1 is 1.50 bits per heavy atom. The first kappa shape index (κ1) is 9.42. The highest BCUT2D eigenvalue weighted by molar-refractivity contribution is 5.71. The predicted molar refractivity (Wildman–Crippen MR) is 38.9 cm³/mol. The van der Waals surface area contributed by atoms with Gasteiger partial charge in [-0.3, -0.25) is 4.79 Å². The molecule has 0 aromatic heterocycles. The van der Waals surface area contributed by atoms with Crippen molar-refractivity contribution in [3.8, 4) is 0 Å².